The largest absolute Gasteiger partial charge is 0.387 e. The lowest BCUT2D eigenvalue weighted by Gasteiger charge is -2.26. The molecule has 0 aliphatic carbocycles. The highest BCUT2D eigenvalue weighted by Gasteiger charge is 2.27. The van der Waals surface area contributed by atoms with E-state index < -0.39 is 19.7 Å². The zero-order valence-corrected chi connectivity index (χ0v) is 38.4. The van der Waals surface area contributed by atoms with Crippen LogP contribution in [0.2, 0.25) is 0 Å². The second kappa shape index (κ2) is 38.8. The van der Waals surface area contributed by atoms with Gasteiger partial charge in [-0.3, -0.25) is 9.36 Å². The van der Waals surface area contributed by atoms with Crippen molar-refractivity contribution >= 4 is 13.5 Å². The first-order chi connectivity index (χ1) is 26.5. The molecule has 0 spiro atoms. The zero-order chi connectivity index (χ0) is 40.7. The molecule has 1 amide bonds. The van der Waals surface area contributed by atoms with E-state index in [0.29, 0.717) is 17.4 Å². The molecule has 3 atom stereocenters. The van der Waals surface area contributed by atoms with Gasteiger partial charge in [0, 0.05) is 6.42 Å². The normalized spacial score (nSPS) is 14.4. The van der Waals surface area contributed by atoms with Crippen LogP contribution in [0.4, 0.5) is 0 Å². The predicted octanol–water partition coefficient (Wildman–Crippen LogP) is 13.6. The zero-order valence-electron chi connectivity index (χ0n) is 37.5. The van der Waals surface area contributed by atoms with Crippen LogP contribution in [0.15, 0.2) is 12.2 Å². The molecule has 0 saturated heterocycles. The maximum Gasteiger partial charge on any atom is 0.333 e. The maximum atomic E-state index is 12.9. The van der Waals surface area contributed by atoms with E-state index in [1.807, 2.05) is 27.2 Å². The lowest BCUT2D eigenvalue weighted by Crippen LogP contribution is -2.45. The molecule has 0 aromatic carbocycles. The molecule has 0 bridgehead atoms. The molecule has 8 heteroatoms. The van der Waals surface area contributed by atoms with Crippen LogP contribution in [0.1, 0.15) is 232 Å². The summed E-state index contributed by atoms with van der Waals surface area (Å²) in [7, 11) is 2.05. The summed E-state index contributed by atoms with van der Waals surface area (Å²) < 4.78 is 18.8. The van der Waals surface area contributed by atoms with Crippen molar-refractivity contribution in [1.29, 1.82) is 0 Å². The molecule has 3 N–H and O–H groups in total. The van der Waals surface area contributed by atoms with Gasteiger partial charge in [-0.05, 0) is 19.3 Å². The smallest absolute Gasteiger partial charge is 0.333 e. The van der Waals surface area contributed by atoms with Gasteiger partial charge in [-0.1, -0.05) is 219 Å². The van der Waals surface area contributed by atoms with Crippen LogP contribution in [0.5, 0.6) is 0 Å². The number of allylic oxidation sites excluding steroid dienone is 1. The number of aliphatic hydroxyl groups excluding tert-OH is 1. The number of rotatable bonds is 43. The molecule has 0 aliphatic rings. The lowest BCUT2D eigenvalue weighted by atomic mass is 10.0. The number of carbonyl (C=O) groups excluding carboxylic acids is 1. The van der Waals surface area contributed by atoms with E-state index in [-0.39, 0.29) is 18.7 Å². The number of carbonyl (C=O) groups is 1. The summed E-state index contributed by atoms with van der Waals surface area (Å²) in [5.74, 6) is -0.136. The van der Waals surface area contributed by atoms with E-state index >= 15 is 0 Å². The minimum absolute atomic E-state index is 0.0292. The highest BCUT2D eigenvalue weighted by molar-refractivity contribution is 7.52. The van der Waals surface area contributed by atoms with Crippen LogP contribution < -0.4 is 5.32 Å². The molecule has 0 radical (unpaired) electrons. The second-order valence-corrected chi connectivity index (χ2v) is 19.9. The van der Waals surface area contributed by atoms with Crippen molar-refractivity contribution in [3.05, 3.63) is 12.2 Å². The number of nitrogens with zero attached hydrogens (tertiary/aromatic N) is 1. The number of unbranched alkanes of at least 4 members (excludes halogenated alkanes) is 31. The molecular formula is C47H96N2O5P+. The Bertz CT molecular complexity index is 908. The second-order valence-electron chi connectivity index (χ2n) is 17.9. The van der Waals surface area contributed by atoms with E-state index in [4.69, 9.17) is 4.52 Å². The predicted molar refractivity (Wildman–Crippen MR) is 239 cm³/mol. The van der Waals surface area contributed by atoms with Crippen molar-refractivity contribution < 1.29 is 28.4 Å². The summed E-state index contributed by atoms with van der Waals surface area (Å²) in [5.41, 5.74) is 0. The van der Waals surface area contributed by atoms with Crippen molar-refractivity contribution in [3.63, 3.8) is 0 Å². The molecule has 0 aromatic rings. The van der Waals surface area contributed by atoms with E-state index in [1.54, 1.807) is 6.08 Å². The Kier molecular flexibility index (Phi) is 38.3. The summed E-state index contributed by atoms with van der Waals surface area (Å²) in [5, 5.41) is 13.9. The number of amides is 1. The van der Waals surface area contributed by atoms with Crippen molar-refractivity contribution in [1.82, 2.24) is 5.32 Å². The lowest BCUT2D eigenvalue weighted by molar-refractivity contribution is -0.867. The quantitative estimate of drug-likeness (QED) is 0.0247. The number of hydrogen-bond acceptors (Lipinski definition) is 4. The first-order valence-electron chi connectivity index (χ1n) is 23.9. The Balaban J connectivity index is 4.22. The first-order valence-corrected chi connectivity index (χ1v) is 25.7. The minimum atomic E-state index is -3.85. The van der Waals surface area contributed by atoms with Gasteiger partial charge in [0.15, 0.2) is 0 Å². The summed E-state index contributed by atoms with van der Waals surface area (Å²) in [4.78, 5) is 23.3. The van der Waals surface area contributed by atoms with E-state index in [1.165, 1.54) is 180 Å². The average molecular weight is 800 g/mol. The molecule has 55 heavy (non-hydrogen) atoms. The minimum Gasteiger partial charge on any atom is -0.387 e. The van der Waals surface area contributed by atoms with E-state index in [2.05, 4.69) is 19.2 Å². The topological polar surface area (TPSA) is 95.9 Å². The van der Waals surface area contributed by atoms with Crippen LogP contribution in [-0.2, 0) is 13.9 Å². The number of nitrogens with one attached hydrogen (secondary N) is 1. The van der Waals surface area contributed by atoms with Crippen molar-refractivity contribution in [2.45, 2.75) is 244 Å². The molecule has 328 valence electrons. The van der Waals surface area contributed by atoms with Gasteiger partial charge < -0.3 is 24.3 Å². The van der Waals surface area contributed by atoms with Gasteiger partial charge in [0.25, 0.3) is 0 Å². The highest BCUT2D eigenvalue weighted by Crippen LogP contribution is 2.42. The standard InChI is InChI=1S/C47H95N2O5P/c1-6-8-10-12-14-16-18-20-21-22-23-24-25-26-27-29-31-33-35-37-39-41-47(51)48-45(44-54-55(52,53)43-42-49(3,4)5)46(50)40-38-36-34-32-30-28-19-17-15-13-11-9-7-2/h38,40,45-46,50H,6-37,39,41-44H2,1-5H3,(H-,48,51,52,53)/p+1/b40-38+/t45-,46+/m0/s1. The van der Waals surface area contributed by atoms with Gasteiger partial charge in [-0.15, -0.1) is 0 Å². The molecule has 7 nitrogen and oxygen atoms in total. The maximum absolute atomic E-state index is 12.9. The molecule has 0 heterocycles. The Morgan fingerprint density at radius 2 is 0.945 bits per heavy atom. The van der Waals surface area contributed by atoms with E-state index in [9.17, 15) is 19.4 Å². The van der Waals surface area contributed by atoms with Gasteiger partial charge in [-0.2, -0.15) is 0 Å². The monoisotopic (exact) mass is 800 g/mol. The average Bonchev–Trinajstić information content (AvgIpc) is 3.14. The fourth-order valence-electron chi connectivity index (χ4n) is 7.21. The summed E-state index contributed by atoms with van der Waals surface area (Å²) in [6.45, 7) is 4.84. The third-order valence-corrected chi connectivity index (χ3v) is 12.4. The summed E-state index contributed by atoms with van der Waals surface area (Å²) in [6.07, 6.45) is 46.1. The fraction of sp³-hybridized carbons (Fsp3) is 0.936. The third-order valence-electron chi connectivity index (χ3n) is 11.1. The van der Waals surface area contributed by atoms with Gasteiger partial charge in [0.05, 0.1) is 52.6 Å². The Morgan fingerprint density at radius 1 is 0.600 bits per heavy atom. The van der Waals surface area contributed by atoms with Crippen LogP contribution in [0.3, 0.4) is 0 Å². The molecule has 0 aromatic heterocycles. The molecule has 0 rings (SSSR count). The Hall–Kier alpha value is -0.720. The number of aliphatic hydroxyl groups is 1. The van der Waals surface area contributed by atoms with Crippen LogP contribution in [-0.4, -0.2) is 73.0 Å². The van der Waals surface area contributed by atoms with Crippen molar-refractivity contribution in [2.75, 3.05) is 40.5 Å². The summed E-state index contributed by atoms with van der Waals surface area (Å²) >= 11 is 0. The van der Waals surface area contributed by atoms with Gasteiger partial charge >= 0.3 is 7.60 Å². The molecule has 1 unspecified atom stereocenters. The van der Waals surface area contributed by atoms with Crippen molar-refractivity contribution in [2.24, 2.45) is 0 Å². The SMILES string of the molecule is CCCCCCCCCCCCC/C=C/[C@@H](O)[C@H](COP(=O)(O)CC[N+](C)(C)C)NC(=O)CCCCCCCCCCCCCCCCCCCCCCC. The third kappa shape index (κ3) is 41.2. The molecule has 0 saturated carbocycles. The van der Waals surface area contributed by atoms with Crippen molar-refractivity contribution in [3.8, 4) is 0 Å². The Morgan fingerprint density at radius 3 is 1.31 bits per heavy atom. The summed E-state index contributed by atoms with van der Waals surface area (Å²) in [6, 6.07) is -0.763. The first kappa shape index (κ1) is 54.3. The Labute approximate surface area is 343 Å². The fourth-order valence-corrected chi connectivity index (χ4v) is 8.58. The van der Waals surface area contributed by atoms with Gasteiger partial charge in [0.2, 0.25) is 5.91 Å². The van der Waals surface area contributed by atoms with Crippen LogP contribution >= 0.6 is 7.60 Å². The van der Waals surface area contributed by atoms with E-state index in [0.717, 1.165) is 32.1 Å². The number of quaternary nitrogens is 1. The van der Waals surface area contributed by atoms with Gasteiger partial charge in [-0.25, -0.2) is 0 Å². The van der Waals surface area contributed by atoms with Crippen LogP contribution in [0.25, 0.3) is 0 Å². The van der Waals surface area contributed by atoms with Crippen LogP contribution in [0, 0.1) is 0 Å². The van der Waals surface area contributed by atoms with Gasteiger partial charge in [0.1, 0.15) is 0 Å². The highest BCUT2D eigenvalue weighted by atomic mass is 31.2. The molecule has 0 fully saturated rings. The molecule has 0 aliphatic heterocycles. The molecular weight excluding hydrogens is 703 g/mol. The number of hydrogen-bond donors (Lipinski definition) is 3.